The van der Waals surface area contributed by atoms with Gasteiger partial charge in [0.05, 0.1) is 19.4 Å². The first-order chi connectivity index (χ1) is 15.2. The van der Waals surface area contributed by atoms with Gasteiger partial charge in [-0.2, -0.15) is 4.31 Å². The van der Waals surface area contributed by atoms with Gasteiger partial charge in [0.2, 0.25) is 21.8 Å². The minimum absolute atomic E-state index is 0.173. The van der Waals surface area contributed by atoms with Crippen molar-refractivity contribution < 1.29 is 22.7 Å². The summed E-state index contributed by atoms with van der Waals surface area (Å²) in [6.07, 6.45) is 1.33. The Bertz CT molecular complexity index is 968. The normalized spacial score (nSPS) is 12.4. The van der Waals surface area contributed by atoms with Crippen molar-refractivity contribution in [1.29, 1.82) is 0 Å². The van der Waals surface area contributed by atoms with E-state index >= 15 is 0 Å². The number of carbonyl (C=O) groups is 2. The Morgan fingerprint density at radius 1 is 1.00 bits per heavy atom. The van der Waals surface area contributed by atoms with Gasteiger partial charge in [-0.1, -0.05) is 60.7 Å². The molecular weight excluding hydrogens is 430 g/mol. The lowest BCUT2D eigenvalue weighted by Crippen LogP contribution is -2.53. The molecule has 0 radical (unpaired) electrons. The largest absolute Gasteiger partial charge is 0.383 e. The number of hydrogen-bond acceptors (Lipinski definition) is 5. The zero-order valence-electron chi connectivity index (χ0n) is 18.7. The maximum absolute atomic E-state index is 13.3. The van der Waals surface area contributed by atoms with Crippen molar-refractivity contribution in [2.24, 2.45) is 0 Å². The van der Waals surface area contributed by atoms with Crippen LogP contribution in [0.15, 0.2) is 60.7 Å². The van der Waals surface area contributed by atoms with Gasteiger partial charge in [-0.3, -0.25) is 9.59 Å². The fourth-order valence-corrected chi connectivity index (χ4v) is 3.47. The number of amides is 2. The number of sulfonamides is 1. The molecule has 0 saturated heterocycles. The van der Waals surface area contributed by atoms with Crippen molar-refractivity contribution in [3.63, 3.8) is 0 Å². The Morgan fingerprint density at radius 3 is 2.09 bits per heavy atom. The molecule has 0 unspecified atom stereocenters. The second kappa shape index (κ2) is 12.3. The van der Waals surface area contributed by atoms with Crippen molar-refractivity contribution in [2.75, 3.05) is 40.1 Å². The standard InChI is InChI=1S/C23H31N3O5S/c1-25(32(3,29)30)18-22(27)26(17-20-12-8-5-9-13-20)21(23(28)24-14-15-31-2)16-19-10-6-4-7-11-19/h4-13,21H,14-18H2,1-3H3,(H,24,28)/t21-/m0/s1. The van der Waals surface area contributed by atoms with E-state index in [9.17, 15) is 18.0 Å². The second-order valence-electron chi connectivity index (χ2n) is 7.52. The van der Waals surface area contributed by atoms with Crippen molar-refractivity contribution in [3.05, 3.63) is 71.8 Å². The first-order valence-electron chi connectivity index (χ1n) is 10.3. The van der Waals surface area contributed by atoms with Crippen LogP contribution in [-0.2, 0) is 37.3 Å². The molecule has 0 bridgehead atoms. The van der Waals surface area contributed by atoms with Gasteiger partial charge in [-0.25, -0.2) is 8.42 Å². The number of likely N-dealkylation sites (N-methyl/N-ethyl adjacent to an activating group) is 1. The summed E-state index contributed by atoms with van der Waals surface area (Å²) in [7, 11) is -0.670. The highest BCUT2D eigenvalue weighted by molar-refractivity contribution is 7.88. The van der Waals surface area contributed by atoms with E-state index < -0.39 is 22.0 Å². The van der Waals surface area contributed by atoms with Crippen LogP contribution in [0.4, 0.5) is 0 Å². The maximum Gasteiger partial charge on any atom is 0.243 e. The summed E-state index contributed by atoms with van der Waals surface area (Å²) in [4.78, 5) is 27.9. The summed E-state index contributed by atoms with van der Waals surface area (Å²) in [5, 5.41) is 2.82. The third-order valence-electron chi connectivity index (χ3n) is 5.00. The van der Waals surface area contributed by atoms with Crippen LogP contribution in [0, 0.1) is 0 Å². The van der Waals surface area contributed by atoms with Crippen LogP contribution < -0.4 is 5.32 Å². The molecule has 0 aromatic heterocycles. The Labute approximate surface area is 190 Å². The first-order valence-corrected chi connectivity index (χ1v) is 12.1. The fraction of sp³-hybridized carbons (Fsp3) is 0.391. The zero-order chi connectivity index (χ0) is 23.6. The van der Waals surface area contributed by atoms with E-state index in [1.165, 1.54) is 11.9 Å². The van der Waals surface area contributed by atoms with E-state index in [1.54, 1.807) is 7.11 Å². The Balaban J connectivity index is 2.38. The predicted molar refractivity (Wildman–Crippen MR) is 123 cm³/mol. The van der Waals surface area contributed by atoms with Gasteiger partial charge in [0.25, 0.3) is 0 Å². The molecule has 0 heterocycles. The molecule has 8 nitrogen and oxygen atoms in total. The number of ether oxygens (including phenoxy) is 1. The lowest BCUT2D eigenvalue weighted by atomic mass is 10.0. The zero-order valence-corrected chi connectivity index (χ0v) is 19.5. The minimum atomic E-state index is -3.56. The van der Waals surface area contributed by atoms with Gasteiger partial charge in [0, 0.05) is 33.7 Å². The molecular formula is C23H31N3O5S. The third kappa shape index (κ3) is 8.07. The number of carbonyl (C=O) groups excluding carboxylic acids is 2. The summed E-state index contributed by atoms with van der Waals surface area (Å²) < 4.78 is 29.8. The van der Waals surface area contributed by atoms with E-state index in [-0.39, 0.29) is 19.0 Å². The molecule has 2 aromatic carbocycles. The molecule has 9 heteroatoms. The second-order valence-corrected chi connectivity index (χ2v) is 9.61. The average molecular weight is 462 g/mol. The molecule has 0 aliphatic carbocycles. The first kappa shape index (κ1) is 25.5. The molecule has 0 fully saturated rings. The lowest BCUT2D eigenvalue weighted by Gasteiger charge is -2.32. The van der Waals surface area contributed by atoms with E-state index in [4.69, 9.17) is 4.74 Å². The van der Waals surface area contributed by atoms with Crippen molar-refractivity contribution in [2.45, 2.75) is 19.0 Å². The summed E-state index contributed by atoms with van der Waals surface area (Å²) in [6, 6.07) is 17.9. The summed E-state index contributed by atoms with van der Waals surface area (Å²) >= 11 is 0. The van der Waals surface area contributed by atoms with Crippen LogP contribution in [0.2, 0.25) is 0 Å². The van der Waals surface area contributed by atoms with Crippen LogP contribution in [0.25, 0.3) is 0 Å². The molecule has 2 aromatic rings. The average Bonchev–Trinajstić information content (AvgIpc) is 2.77. The van der Waals surface area contributed by atoms with Crippen molar-refractivity contribution in [1.82, 2.24) is 14.5 Å². The van der Waals surface area contributed by atoms with Gasteiger partial charge in [-0.05, 0) is 11.1 Å². The Morgan fingerprint density at radius 2 is 1.56 bits per heavy atom. The van der Waals surface area contributed by atoms with Crippen LogP contribution in [0.1, 0.15) is 11.1 Å². The van der Waals surface area contributed by atoms with Crippen molar-refractivity contribution >= 4 is 21.8 Å². The summed E-state index contributed by atoms with van der Waals surface area (Å²) in [5.41, 5.74) is 1.73. The van der Waals surface area contributed by atoms with Gasteiger partial charge < -0.3 is 15.0 Å². The molecule has 0 saturated carbocycles. The quantitative estimate of drug-likeness (QED) is 0.481. The van der Waals surface area contributed by atoms with Gasteiger partial charge in [0.1, 0.15) is 6.04 Å². The van der Waals surface area contributed by atoms with Crippen LogP contribution in [0.5, 0.6) is 0 Å². The molecule has 2 amide bonds. The highest BCUT2D eigenvalue weighted by Crippen LogP contribution is 2.15. The molecule has 0 aliphatic rings. The van der Waals surface area contributed by atoms with E-state index in [0.717, 1.165) is 21.7 Å². The predicted octanol–water partition coefficient (Wildman–Crippen LogP) is 1.28. The van der Waals surface area contributed by atoms with Crippen molar-refractivity contribution in [3.8, 4) is 0 Å². The number of benzene rings is 2. The SMILES string of the molecule is COCCNC(=O)[C@H](Cc1ccccc1)N(Cc1ccccc1)C(=O)CN(C)S(C)(=O)=O. The Kier molecular flexibility index (Phi) is 9.83. The number of rotatable bonds is 12. The molecule has 1 N–H and O–H groups in total. The van der Waals surface area contributed by atoms with Gasteiger partial charge >= 0.3 is 0 Å². The molecule has 1 atom stereocenters. The highest BCUT2D eigenvalue weighted by Gasteiger charge is 2.31. The lowest BCUT2D eigenvalue weighted by molar-refractivity contribution is -0.141. The van der Waals surface area contributed by atoms with E-state index in [1.807, 2.05) is 60.7 Å². The van der Waals surface area contributed by atoms with E-state index in [0.29, 0.717) is 19.6 Å². The molecule has 32 heavy (non-hydrogen) atoms. The van der Waals surface area contributed by atoms with Crippen LogP contribution in [0.3, 0.4) is 0 Å². The summed E-state index contributed by atoms with van der Waals surface area (Å²) in [6.45, 7) is 0.458. The monoisotopic (exact) mass is 461 g/mol. The molecule has 0 aliphatic heterocycles. The summed E-state index contributed by atoms with van der Waals surface area (Å²) in [5.74, 6) is -0.776. The van der Waals surface area contributed by atoms with Gasteiger partial charge in [-0.15, -0.1) is 0 Å². The van der Waals surface area contributed by atoms with E-state index in [2.05, 4.69) is 5.32 Å². The minimum Gasteiger partial charge on any atom is -0.383 e. The topological polar surface area (TPSA) is 96.0 Å². The number of hydrogen-bond donors (Lipinski definition) is 1. The third-order valence-corrected chi connectivity index (χ3v) is 6.26. The molecule has 2 rings (SSSR count). The number of methoxy groups -OCH3 is 1. The molecule has 174 valence electrons. The maximum atomic E-state index is 13.3. The van der Waals surface area contributed by atoms with Gasteiger partial charge in [0.15, 0.2) is 0 Å². The fourth-order valence-electron chi connectivity index (χ4n) is 3.13. The highest BCUT2D eigenvalue weighted by atomic mass is 32.2. The number of nitrogens with zero attached hydrogens (tertiary/aromatic N) is 2. The Hall–Kier alpha value is -2.75. The molecule has 0 spiro atoms. The number of nitrogens with one attached hydrogen (secondary N) is 1. The van der Waals surface area contributed by atoms with Crippen LogP contribution in [-0.4, -0.2) is 75.6 Å². The smallest absolute Gasteiger partial charge is 0.243 e. The van der Waals surface area contributed by atoms with Crippen LogP contribution >= 0.6 is 0 Å².